The second-order valence-corrected chi connectivity index (χ2v) is 12.2. The Labute approximate surface area is 218 Å². The minimum absolute atomic E-state index is 0.0672. The summed E-state index contributed by atoms with van der Waals surface area (Å²) in [5, 5.41) is 3.75. The third-order valence-electron chi connectivity index (χ3n) is 8.35. The van der Waals surface area contributed by atoms with Gasteiger partial charge in [0.25, 0.3) is 0 Å². The van der Waals surface area contributed by atoms with Gasteiger partial charge >= 0.3 is 0 Å². The number of nitrogens with one attached hydrogen (secondary N) is 1. The van der Waals surface area contributed by atoms with Crippen LogP contribution >= 0.6 is 15.9 Å². The maximum atomic E-state index is 14.0. The van der Waals surface area contributed by atoms with E-state index < -0.39 is 0 Å². The number of piperazine rings is 1. The number of aromatic nitrogens is 2. The Balaban J connectivity index is 1.33. The largest absolute Gasteiger partial charge is 0.353 e. The summed E-state index contributed by atoms with van der Waals surface area (Å²) in [6.07, 6.45) is 6.13. The minimum atomic E-state index is -0.162. The lowest BCUT2D eigenvalue weighted by Crippen LogP contribution is -2.53. The number of halogens is 1. The Morgan fingerprint density at radius 2 is 1.89 bits per heavy atom. The van der Waals surface area contributed by atoms with Crippen molar-refractivity contribution >= 4 is 27.7 Å². The van der Waals surface area contributed by atoms with Crippen LogP contribution in [-0.4, -0.2) is 58.5 Å². The second-order valence-electron chi connectivity index (χ2n) is 11.3. The first-order chi connectivity index (χ1) is 16.8. The number of amides is 1. The van der Waals surface area contributed by atoms with Crippen LogP contribution in [0, 0.1) is 0 Å². The summed E-state index contributed by atoms with van der Waals surface area (Å²) in [4.78, 5) is 27.8. The first-order valence-electron chi connectivity index (χ1n) is 13.2. The van der Waals surface area contributed by atoms with Crippen LogP contribution in [0.15, 0.2) is 35.1 Å². The number of carbonyl (C=O) groups is 1. The molecule has 1 amide bonds. The van der Waals surface area contributed by atoms with Gasteiger partial charge in [0.1, 0.15) is 12.1 Å². The molecule has 188 valence electrons. The van der Waals surface area contributed by atoms with E-state index in [4.69, 9.17) is 4.98 Å². The van der Waals surface area contributed by atoms with Gasteiger partial charge in [-0.2, -0.15) is 0 Å². The standard InChI is InChI=1S/C28H38BrN5O/c1-5-19-16-18(2)23-25(19)30-17-31-26(23)33-12-14-34(15-13-33)27(35)24(20-6-8-21(29)9-7-20)22-10-11-28(3,4)32-22/h6-9,17-19,22,24,32H,5,10-16H2,1-4H3. The first-order valence-corrected chi connectivity index (χ1v) is 14.0. The summed E-state index contributed by atoms with van der Waals surface area (Å²) in [6, 6.07) is 8.47. The summed E-state index contributed by atoms with van der Waals surface area (Å²) in [6.45, 7) is 12.1. The van der Waals surface area contributed by atoms with Crippen molar-refractivity contribution in [3.8, 4) is 0 Å². The Hall–Kier alpha value is -1.99. The van der Waals surface area contributed by atoms with E-state index in [1.807, 2.05) is 12.1 Å². The van der Waals surface area contributed by atoms with Crippen LogP contribution in [0.4, 0.5) is 5.82 Å². The molecule has 4 unspecified atom stereocenters. The molecule has 1 aromatic heterocycles. The molecule has 2 aromatic rings. The molecule has 0 bridgehead atoms. The SMILES string of the molecule is CCC1CC(C)c2c1ncnc2N1CCN(C(=O)C(c2ccc(Br)cc2)C2CCC(C)(C)N2)CC1. The maximum Gasteiger partial charge on any atom is 0.231 e. The fourth-order valence-corrected chi connectivity index (χ4v) is 6.70. The highest BCUT2D eigenvalue weighted by Crippen LogP contribution is 2.45. The molecule has 3 heterocycles. The molecule has 3 aliphatic rings. The smallest absolute Gasteiger partial charge is 0.231 e. The molecular weight excluding hydrogens is 502 g/mol. The van der Waals surface area contributed by atoms with Gasteiger partial charge in [-0.25, -0.2) is 9.97 Å². The molecule has 4 atom stereocenters. The molecule has 1 aromatic carbocycles. The van der Waals surface area contributed by atoms with Gasteiger partial charge in [0.15, 0.2) is 0 Å². The number of fused-ring (bicyclic) bond motifs is 1. The molecule has 2 saturated heterocycles. The normalized spacial score (nSPS) is 26.6. The van der Waals surface area contributed by atoms with Crippen LogP contribution < -0.4 is 10.2 Å². The first kappa shape index (κ1) is 24.7. The molecular formula is C28H38BrN5O. The molecule has 1 aliphatic carbocycles. The second kappa shape index (κ2) is 9.81. The number of rotatable bonds is 5. The highest BCUT2D eigenvalue weighted by atomic mass is 79.9. The van der Waals surface area contributed by atoms with Crippen molar-refractivity contribution in [1.82, 2.24) is 20.2 Å². The van der Waals surface area contributed by atoms with Crippen LogP contribution in [0.25, 0.3) is 0 Å². The van der Waals surface area contributed by atoms with E-state index in [9.17, 15) is 4.79 Å². The summed E-state index contributed by atoms with van der Waals surface area (Å²) in [5.74, 6) is 2.21. The van der Waals surface area contributed by atoms with E-state index in [1.54, 1.807) is 6.33 Å². The number of nitrogens with zero attached hydrogens (tertiary/aromatic N) is 4. The number of hydrogen-bond donors (Lipinski definition) is 1. The molecule has 0 spiro atoms. The van der Waals surface area contributed by atoms with Crippen molar-refractivity contribution in [2.75, 3.05) is 31.1 Å². The molecule has 2 fully saturated rings. The van der Waals surface area contributed by atoms with Gasteiger partial charge in [0.2, 0.25) is 5.91 Å². The van der Waals surface area contributed by atoms with E-state index in [0.29, 0.717) is 11.8 Å². The molecule has 0 saturated carbocycles. The van der Waals surface area contributed by atoms with Crippen LogP contribution in [-0.2, 0) is 4.79 Å². The zero-order valence-electron chi connectivity index (χ0n) is 21.4. The summed E-state index contributed by atoms with van der Waals surface area (Å²) >= 11 is 3.55. The van der Waals surface area contributed by atoms with Crippen molar-refractivity contribution in [1.29, 1.82) is 0 Å². The average Bonchev–Trinajstić information content (AvgIpc) is 3.39. The van der Waals surface area contributed by atoms with Gasteiger partial charge in [-0.15, -0.1) is 0 Å². The van der Waals surface area contributed by atoms with E-state index in [-0.39, 0.29) is 23.4 Å². The van der Waals surface area contributed by atoms with Crippen LogP contribution in [0.2, 0.25) is 0 Å². The zero-order valence-corrected chi connectivity index (χ0v) is 23.0. The Morgan fingerprint density at radius 3 is 2.51 bits per heavy atom. The van der Waals surface area contributed by atoms with E-state index in [1.165, 1.54) is 11.3 Å². The van der Waals surface area contributed by atoms with Gasteiger partial charge in [-0.3, -0.25) is 4.79 Å². The average molecular weight is 541 g/mol. The topological polar surface area (TPSA) is 61.4 Å². The number of benzene rings is 1. The van der Waals surface area contributed by atoms with Crippen molar-refractivity contribution < 1.29 is 4.79 Å². The summed E-state index contributed by atoms with van der Waals surface area (Å²) < 4.78 is 1.04. The lowest BCUT2D eigenvalue weighted by molar-refractivity contribution is -0.133. The highest BCUT2D eigenvalue weighted by Gasteiger charge is 2.41. The van der Waals surface area contributed by atoms with Gasteiger partial charge in [-0.1, -0.05) is 41.9 Å². The van der Waals surface area contributed by atoms with Gasteiger partial charge < -0.3 is 15.1 Å². The molecule has 7 heteroatoms. The van der Waals surface area contributed by atoms with Crippen molar-refractivity contribution in [2.45, 2.75) is 82.7 Å². The van der Waals surface area contributed by atoms with Crippen LogP contribution in [0.3, 0.4) is 0 Å². The predicted octanol–water partition coefficient (Wildman–Crippen LogP) is 5.20. The lowest BCUT2D eigenvalue weighted by Gasteiger charge is -2.39. The Morgan fingerprint density at radius 1 is 1.17 bits per heavy atom. The molecule has 1 N–H and O–H groups in total. The fraction of sp³-hybridized carbons (Fsp3) is 0.607. The summed E-state index contributed by atoms with van der Waals surface area (Å²) in [7, 11) is 0. The summed E-state index contributed by atoms with van der Waals surface area (Å²) in [5.41, 5.74) is 3.75. The molecule has 5 rings (SSSR count). The maximum absolute atomic E-state index is 14.0. The van der Waals surface area contributed by atoms with Gasteiger partial charge in [0, 0.05) is 53.7 Å². The molecule has 35 heavy (non-hydrogen) atoms. The van der Waals surface area contributed by atoms with Crippen molar-refractivity contribution in [2.24, 2.45) is 0 Å². The van der Waals surface area contributed by atoms with Gasteiger partial charge in [0.05, 0.1) is 11.6 Å². The number of carbonyl (C=O) groups excluding carboxylic acids is 1. The quantitative estimate of drug-likeness (QED) is 0.565. The molecule has 0 radical (unpaired) electrons. The van der Waals surface area contributed by atoms with Gasteiger partial charge in [-0.05, 0) is 63.1 Å². The monoisotopic (exact) mass is 539 g/mol. The van der Waals surface area contributed by atoms with E-state index in [2.05, 4.69) is 75.9 Å². The lowest BCUT2D eigenvalue weighted by atomic mass is 9.89. The highest BCUT2D eigenvalue weighted by molar-refractivity contribution is 9.10. The number of anilines is 1. The van der Waals surface area contributed by atoms with Crippen molar-refractivity contribution in [3.05, 3.63) is 51.9 Å². The van der Waals surface area contributed by atoms with E-state index in [0.717, 1.165) is 67.7 Å². The third kappa shape index (κ3) is 4.86. The fourth-order valence-electron chi connectivity index (χ4n) is 6.43. The Bertz CT molecular complexity index is 1060. The predicted molar refractivity (Wildman–Crippen MR) is 144 cm³/mol. The third-order valence-corrected chi connectivity index (χ3v) is 8.88. The number of hydrogen-bond acceptors (Lipinski definition) is 5. The molecule has 6 nitrogen and oxygen atoms in total. The minimum Gasteiger partial charge on any atom is -0.353 e. The van der Waals surface area contributed by atoms with Crippen LogP contribution in [0.1, 0.15) is 88.0 Å². The van der Waals surface area contributed by atoms with E-state index >= 15 is 0 Å². The zero-order chi connectivity index (χ0) is 24.7. The van der Waals surface area contributed by atoms with Crippen molar-refractivity contribution in [3.63, 3.8) is 0 Å². The van der Waals surface area contributed by atoms with Crippen LogP contribution in [0.5, 0.6) is 0 Å². The Kier molecular flexibility index (Phi) is 6.92. The molecule has 2 aliphatic heterocycles.